The van der Waals surface area contributed by atoms with Crippen LogP contribution in [0.4, 0.5) is 0 Å². The third kappa shape index (κ3) is 4.39. The van der Waals surface area contributed by atoms with Crippen LogP contribution < -0.4 is 15.4 Å². The second-order valence-electron chi connectivity index (χ2n) is 8.32. The maximum Gasteiger partial charge on any atom is 0.251 e. The van der Waals surface area contributed by atoms with E-state index in [0.29, 0.717) is 5.92 Å². The number of fused-ring (bicyclic) bond motifs is 1. The number of hydrogen-bond donors (Lipinski definition) is 2. The van der Waals surface area contributed by atoms with Crippen LogP contribution in [-0.4, -0.2) is 31.1 Å². The Balaban J connectivity index is 1.37. The first kappa shape index (κ1) is 19.0. The lowest BCUT2D eigenvalue weighted by Gasteiger charge is -2.23. The fraction of sp³-hybridized carbons (Fsp3) is 0.458. The zero-order valence-corrected chi connectivity index (χ0v) is 16.8. The van der Waals surface area contributed by atoms with Crippen molar-refractivity contribution in [1.82, 2.24) is 10.6 Å². The first-order valence-electron chi connectivity index (χ1n) is 10.5. The number of nitrogens with one attached hydrogen (secondary N) is 2. The molecule has 2 aromatic carbocycles. The number of amides is 1. The number of benzene rings is 2. The molecule has 2 aliphatic heterocycles. The minimum Gasteiger partial charge on any atom is -0.490 e. The summed E-state index contributed by atoms with van der Waals surface area (Å²) < 4.78 is 5.78. The highest BCUT2D eigenvalue weighted by Gasteiger charge is 2.20. The predicted octanol–water partition coefficient (Wildman–Crippen LogP) is 3.84. The summed E-state index contributed by atoms with van der Waals surface area (Å²) in [6.07, 6.45) is 4.43. The molecule has 4 nitrogen and oxygen atoms in total. The van der Waals surface area contributed by atoms with Crippen molar-refractivity contribution in [2.45, 2.75) is 57.6 Å². The van der Waals surface area contributed by atoms with Crippen LogP contribution >= 0.6 is 0 Å². The second-order valence-corrected chi connectivity index (χ2v) is 8.32. The summed E-state index contributed by atoms with van der Waals surface area (Å²) in [4.78, 5) is 12.8. The van der Waals surface area contributed by atoms with Crippen LogP contribution in [0.3, 0.4) is 0 Å². The first-order valence-corrected chi connectivity index (χ1v) is 10.5. The van der Waals surface area contributed by atoms with E-state index in [0.717, 1.165) is 37.2 Å². The van der Waals surface area contributed by atoms with Gasteiger partial charge in [0, 0.05) is 24.6 Å². The molecular formula is C24H30N2O2. The summed E-state index contributed by atoms with van der Waals surface area (Å²) >= 11 is 0. The van der Waals surface area contributed by atoms with E-state index >= 15 is 0 Å². The van der Waals surface area contributed by atoms with Gasteiger partial charge in [-0.2, -0.15) is 0 Å². The van der Waals surface area contributed by atoms with Crippen molar-refractivity contribution >= 4 is 5.91 Å². The van der Waals surface area contributed by atoms with Gasteiger partial charge >= 0.3 is 0 Å². The molecule has 0 aromatic heterocycles. The van der Waals surface area contributed by atoms with Crippen LogP contribution in [0.15, 0.2) is 42.5 Å². The Morgan fingerprint density at radius 3 is 3.00 bits per heavy atom. The van der Waals surface area contributed by atoms with Gasteiger partial charge < -0.3 is 15.4 Å². The van der Waals surface area contributed by atoms with Gasteiger partial charge in [0.2, 0.25) is 0 Å². The Morgan fingerprint density at radius 2 is 2.18 bits per heavy atom. The van der Waals surface area contributed by atoms with Crippen LogP contribution in [0.5, 0.6) is 5.75 Å². The molecular weight excluding hydrogens is 348 g/mol. The van der Waals surface area contributed by atoms with Gasteiger partial charge in [-0.15, -0.1) is 0 Å². The number of ether oxygens (including phenoxy) is 1. The average molecular weight is 379 g/mol. The maximum absolute atomic E-state index is 12.8. The minimum atomic E-state index is 0.0104. The molecule has 1 amide bonds. The largest absolute Gasteiger partial charge is 0.490 e. The normalized spacial score (nSPS) is 22.2. The van der Waals surface area contributed by atoms with Gasteiger partial charge in [0.1, 0.15) is 11.9 Å². The van der Waals surface area contributed by atoms with E-state index in [2.05, 4.69) is 54.8 Å². The molecule has 3 atom stereocenters. The number of piperidine rings is 1. The molecule has 2 aromatic rings. The molecule has 0 spiro atoms. The molecule has 0 bridgehead atoms. The fourth-order valence-corrected chi connectivity index (χ4v) is 4.38. The van der Waals surface area contributed by atoms with E-state index in [1.165, 1.54) is 29.5 Å². The number of carbonyl (C=O) groups excluding carboxylic acids is 1. The molecule has 2 N–H and O–H groups in total. The van der Waals surface area contributed by atoms with Crippen molar-refractivity contribution in [3.63, 3.8) is 0 Å². The average Bonchev–Trinajstić information content (AvgIpc) is 3.08. The number of rotatable bonds is 5. The second kappa shape index (κ2) is 8.36. The summed E-state index contributed by atoms with van der Waals surface area (Å²) in [6.45, 7) is 6.27. The van der Waals surface area contributed by atoms with Gasteiger partial charge in [-0.1, -0.05) is 24.3 Å². The van der Waals surface area contributed by atoms with Crippen LogP contribution in [0.2, 0.25) is 0 Å². The molecule has 0 aliphatic carbocycles. The van der Waals surface area contributed by atoms with Gasteiger partial charge in [0.25, 0.3) is 5.91 Å². The molecule has 4 rings (SSSR count). The Morgan fingerprint density at radius 1 is 1.29 bits per heavy atom. The van der Waals surface area contributed by atoms with Crippen molar-refractivity contribution in [1.29, 1.82) is 0 Å². The molecule has 2 unspecified atom stereocenters. The smallest absolute Gasteiger partial charge is 0.251 e. The van der Waals surface area contributed by atoms with Gasteiger partial charge in [-0.3, -0.25) is 4.79 Å². The molecule has 148 valence electrons. The van der Waals surface area contributed by atoms with Crippen molar-refractivity contribution in [2.24, 2.45) is 0 Å². The summed E-state index contributed by atoms with van der Waals surface area (Å²) in [6, 6.07) is 14.6. The number of carbonyl (C=O) groups is 1. The van der Waals surface area contributed by atoms with E-state index in [9.17, 15) is 4.79 Å². The minimum absolute atomic E-state index is 0.0104. The topological polar surface area (TPSA) is 50.4 Å². The molecule has 1 fully saturated rings. The van der Waals surface area contributed by atoms with Crippen molar-refractivity contribution in [3.8, 4) is 5.75 Å². The molecule has 2 heterocycles. The van der Waals surface area contributed by atoms with Crippen LogP contribution in [0.1, 0.15) is 59.7 Å². The highest BCUT2D eigenvalue weighted by Crippen LogP contribution is 2.29. The lowest BCUT2D eigenvalue weighted by atomic mass is 9.90. The third-order valence-electron chi connectivity index (χ3n) is 5.80. The Bertz CT molecular complexity index is 842. The zero-order chi connectivity index (χ0) is 19.5. The van der Waals surface area contributed by atoms with Gasteiger partial charge in [0.05, 0.1) is 0 Å². The highest BCUT2D eigenvalue weighted by atomic mass is 16.5. The van der Waals surface area contributed by atoms with Crippen molar-refractivity contribution < 1.29 is 9.53 Å². The van der Waals surface area contributed by atoms with E-state index in [4.69, 9.17) is 4.74 Å². The highest BCUT2D eigenvalue weighted by molar-refractivity contribution is 5.94. The summed E-state index contributed by atoms with van der Waals surface area (Å²) in [5, 5.41) is 6.62. The molecule has 1 saturated heterocycles. The first-order chi connectivity index (χ1) is 13.6. The standard InChI is InChI=1S/C24H30N2O2/c1-16(11-18-8-9-23-22(13-18)12-17(2)28-23)26-24(27)20-6-3-5-19(14-20)21-7-4-10-25-15-21/h3,5-6,8-9,13-14,16-17,21,25H,4,7,10-12,15H2,1-2H3,(H,26,27)/t16-,17?,21?/m1/s1. The predicted molar refractivity (Wildman–Crippen MR) is 112 cm³/mol. The Hall–Kier alpha value is -2.33. The van der Waals surface area contributed by atoms with E-state index in [1.807, 2.05) is 12.1 Å². The lowest BCUT2D eigenvalue weighted by Crippen LogP contribution is -2.34. The van der Waals surface area contributed by atoms with Crippen LogP contribution in [-0.2, 0) is 12.8 Å². The van der Waals surface area contributed by atoms with E-state index in [1.54, 1.807) is 0 Å². The van der Waals surface area contributed by atoms with Crippen molar-refractivity contribution in [3.05, 3.63) is 64.7 Å². The molecule has 2 aliphatic rings. The molecule has 28 heavy (non-hydrogen) atoms. The Labute approximate surface area is 167 Å². The molecule has 0 saturated carbocycles. The quantitative estimate of drug-likeness (QED) is 0.831. The van der Waals surface area contributed by atoms with Crippen LogP contribution in [0.25, 0.3) is 0 Å². The van der Waals surface area contributed by atoms with E-state index < -0.39 is 0 Å². The third-order valence-corrected chi connectivity index (χ3v) is 5.80. The molecule has 0 radical (unpaired) electrons. The lowest BCUT2D eigenvalue weighted by molar-refractivity contribution is 0.0940. The maximum atomic E-state index is 12.8. The van der Waals surface area contributed by atoms with Gasteiger partial charge in [0.15, 0.2) is 0 Å². The summed E-state index contributed by atoms with van der Waals surface area (Å²) in [7, 11) is 0. The van der Waals surface area contributed by atoms with Crippen LogP contribution in [0, 0.1) is 0 Å². The van der Waals surface area contributed by atoms with Gasteiger partial charge in [-0.05, 0) is 80.5 Å². The fourth-order valence-electron chi connectivity index (χ4n) is 4.38. The summed E-state index contributed by atoms with van der Waals surface area (Å²) in [5.41, 5.74) is 4.54. The summed E-state index contributed by atoms with van der Waals surface area (Å²) in [5.74, 6) is 1.52. The van der Waals surface area contributed by atoms with Crippen molar-refractivity contribution in [2.75, 3.05) is 13.1 Å². The zero-order valence-electron chi connectivity index (χ0n) is 16.8. The van der Waals surface area contributed by atoms with Gasteiger partial charge in [-0.25, -0.2) is 0 Å². The SMILES string of the molecule is CC1Cc2cc(C[C@@H](C)NC(=O)c3cccc(C4CCCNC4)c3)ccc2O1. The van der Waals surface area contributed by atoms with E-state index in [-0.39, 0.29) is 18.1 Å². The number of hydrogen-bond acceptors (Lipinski definition) is 3. The Kier molecular flexibility index (Phi) is 5.67. The monoisotopic (exact) mass is 378 g/mol. The molecule has 4 heteroatoms.